The van der Waals surface area contributed by atoms with Crippen molar-refractivity contribution in [2.24, 2.45) is 40.4 Å². The van der Waals surface area contributed by atoms with E-state index >= 15 is 0 Å². The summed E-state index contributed by atoms with van der Waals surface area (Å²) in [7, 11) is 0. The molecule has 3 nitrogen and oxygen atoms in total. The second-order valence-electron chi connectivity index (χ2n) is 9.93. The van der Waals surface area contributed by atoms with Gasteiger partial charge in [0.15, 0.2) is 0 Å². The van der Waals surface area contributed by atoms with Gasteiger partial charge in [-0.2, -0.15) is 0 Å². The molecule has 0 aromatic rings. The van der Waals surface area contributed by atoms with Crippen LogP contribution >= 0.6 is 0 Å². The Kier molecular flexibility index (Phi) is 3.69. The van der Waals surface area contributed by atoms with E-state index in [2.05, 4.69) is 20.8 Å². The van der Waals surface area contributed by atoms with E-state index in [0.29, 0.717) is 29.6 Å². The SMILES string of the molecule is C[C@H]1CC2C3C(O)C[C@@H]4C[C@@H](O)CC[C@]4(C)C3CC[C@]2(C)[C@@H]1O. The molecule has 0 amide bonds. The Morgan fingerprint density at radius 1 is 0.826 bits per heavy atom. The summed E-state index contributed by atoms with van der Waals surface area (Å²) >= 11 is 0. The first kappa shape index (κ1) is 16.4. The molecule has 0 spiro atoms. The topological polar surface area (TPSA) is 60.7 Å². The summed E-state index contributed by atoms with van der Waals surface area (Å²) in [5, 5.41) is 31.9. The second-order valence-corrected chi connectivity index (χ2v) is 9.93. The molecule has 3 heteroatoms. The van der Waals surface area contributed by atoms with Gasteiger partial charge in [0.25, 0.3) is 0 Å². The molecule has 0 aliphatic heterocycles. The molecule has 4 aliphatic rings. The summed E-state index contributed by atoms with van der Waals surface area (Å²) in [4.78, 5) is 0. The number of aliphatic hydroxyl groups excluding tert-OH is 3. The van der Waals surface area contributed by atoms with E-state index in [9.17, 15) is 15.3 Å². The van der Waals surface area contributed by atoms with Crippen molar-refractivity contribution in [3.63, 3.8) is 0 Å². The zero-order valence-corrected chi connectivity index (χ0v) is 14.9. The fourth-order valence-electron chi connectivity index (χ4n) is 7.54. The second kappa shape index (κ2) is 5.19. The molecule has 4 saturated carbocycles. The summed E-state index contributed by atoms with van der Waals surface area (Å²) in [6.45, 7) is 6.89. The normalized spacial score (nSPS) is 62.3. The summed E-state index contributed by atoms with van der Waals surface area (Å²) in [5.41, 5.74) is 0.278. The number of fused-ring (bicyclic) bond motifs is 5. The fourth-order valence-corrected chi connectivity index (χ4v) is 7.54. The molecule has 0 heterocycles. The summed E-state index contributed by atoms with van der Waals surface area (Å²) < 4.78 is 0. The largest absolute Gasteiger partial charge is 0.393 e. The molecule has 0 aromatic carbocycles. The third kappa shape index (κ3) is 2.12. The van der Waals surface area contributed by atoms with Gasteiger partial charge in [0.2, 0.25) is 0 Å². The van der Waals surface area contributed by atoms with Crippen molar-refractivity contribution in [1.82, 2.24) is 0 Å². The van der Waals surface area contributed by atoms with Crippen molar-refractivity contribution >= 4 is 0 Å². The summed E-state index contributed by atoms with van der Waals surface area (Å²) in [5.74, 6) is 2.21. The zero-order chi connectivity index (χ0) is 16.6. The van der Waals surface area contributed by atoms with Gasteiger partial charge >= 0.3 is 0 Å². The lowest BCUT2D eigenvalue weighted by Crippen LogP contribution is -2.58. The quantitative estimate of drug-likeness (QED) is 0.642. The van der Waals surface area contributed by atoms with Gasteiger partial charge in [-0.05, 0) is 85.4 Å². The number of aliphatic hydroxyl groups is 3. The van der Waals surface area contributed by atoms with Gasteiger partial charge in [0.1, 0.15) is 0 Å². The lowest BCUT2D eigenvalue weighted by Gasteiger charge is -2.61. The van der Waals surface area contributed by atoms with E-state index in [1.165, 1.54) is 0 Å². The standard InChI is InChI=1S/C20H34O3/c1-11-8-15-17-14(5-7-20(15,3)18(11)23)19(2)6-4-13(21)9-12(19)10-16(17)22/h11-18,21-23H,4-10H2,1-3H3/t11-,12-,13-,14?,15?,16?,17?,18+,19-,20-/m0/s1. The van der Waals surface area contributed by atoms with E-state index in [0.717, 1.165) is 44.9 Å². The first-order valence-electron chi connectivity index (χ1n) is 9.81. The average molecular weight is 322 g/mol. The molecule has 0 saturated heterocycles. The molecule has 4 unspecified atom stereocenters. The molecular formula is C20H34O3. The first-order chi connectivity index (χ1) is 10.8. The lowest BCUT2D eigenvalue weighted by atomic mass is 9.44. The van der Waals surface area contributed by atoms with Gasteiger partial charge in [-0.3, -0.25) is 0 Å². The molecule has 4 rings (SSSR count). The van der Waals surface area contributed by atoms with Crippen LogP contribution < -0.4 is 0 Å². The predicted molar refractivity (Wildman–Crippen MR) is 89.7 cm³/mol. The molecule has 4 fully saturated rings. The highest BCUT2D eigenvalue weighted by Crippen LogP contribution is 2.66. The molecule has 0 radical (unpaired) electrons. The van der Waals surface area contributed by atoms with Crippen LogP contribution in [-0.2, 0) is 0 Å². The minimum Gasteiger partial charge on any atom is -0.393 e. The van der Waals surface area contributed by atoms with Gasteiger partial charge in [-0.15, -0.1) is 0 Å². The lowest BCUT2D eigenvalue weighted by molar-refractivity contribution is -0.177. The van der Waals surface area contributed by atoms with Gasteiger partial charge in [-0.1, -0.05) is 20.8 Å². The van der Waals surface area contributed by atoms with Crippen LogP contribution in [0.5, 0.6) is 0 Å². The van der Waals surface area contributed by atoms with E-state index in [1.54, 1.807) is 0 Å². The zero-order valence-electron chi connectivity index (χ0n) is 14.9. The van der Waals surface area contributed by atoms with Crippen LogP contribution in [0.1, 0.15) is 65.7 Å². The molecule has 0 bridgehead atoms. The first-order valence-corrected chi connectivity index (χ1v) is 9.81. The molecule has 10 atom stereocenters. The Morgan fingerprint density at radius 3 is 2.26 bits per heavy atom. The molecule has 23 heavy (non-hydrogen) atoms. The van der Waals surface area contributed by atoms with Gasteiger partial charge < -0.3 is 15.3 Å². The molecular weight excluding hydrogens is 288 g/mol. The predicted octanol–water partition coefficient (Wildman–Crippen LogP) is 2.97. The van der Waals surface area contributed by atoms with Gasteiger partial charge in [0.05, 0.1) is 18.3 Å². The number of hydrogen-bond acceptors (Lipinski definition) is 3. The van der Waals surface area contributed by atoms with Gasteiger partial charge in [-0.25, -0.2) is 0 Å². The highest BCUT2D eigenvalue weighted by atomic mass is 16.3. The molecule has 0 aromatic heterocycles. The van der Waals surface area contributed by atoms with Crippen LogP contribution in [-0.4, -0.2) is 33.6 Å². The van der Waals surface area contributed by atoms with Crippen LogP contribution in [0.25, 0.3) is 0 Å². The Labute approximate surface area is 140 Å². The molecule has 4 aliphatic carbocycles. The Hall–Kier alpha value is -0.120. The van der Waals surface area contributed by atoms with Crippen LogP contribution in [0.3, 0.4) is 0 Å². The molecule has 132 valence electrons. The average Bonchev–Trinajstić information content (AvgIpc) is 2.73. The Balaban J connectivity index is 1.68. The minimum atomic E-state index is -0.245. The smallest absolute Gasteiger partial charge is 0.0622 e. The van der Waals surface area contributed by atoms with Crippen LogP contribution in [0, 0.1) is 40.4 Å². The summed E-state index contributed by atoms with van der Waals surface area (Å²) in [6.07, 6.45) is 6.44. The van der Waals surface area contributed by atoms with Crippen LogP contribution in [0.2, 0.25) is 0 Å². The maximum absolute atomic E-state index is 11.0. The maximum Gasteiger partial charge on any atom is 0.0622 e. The Morgan fingerprint density at radius 2 is 1.52 bits per heavy atom. The van der Waals surface area contributed by atoms with Crippen molar-refractivity contribution in [3.05, 3.63) is 0 Å². The van der Waals surface area contributed by atoms with E-state index in [-0.39, 0.29) is 29.1 Å². The van der Waals surface area contributed by atoms with E-state index < -0.39 is 0 Å². The van der Waals surface area contributed by atoms with Crippen molar-refractivity contribution in [1.29, 1.82) is 0 Å². The van der Waals surface area contributed by atoms with E-state index in [1.807, 2.05) is 0 Å². The van der Waals surface area contributed by atoms with Crippen LogP contribution in [0.4, 0.5) is 0 Å². The van der Waals surface area contributed by atoms with Crippen molar-refractivity contribution in [2.45, 2.75) is 84.0 Å². The monoisotopic (exact) mass is 322 g/mol. The third-order valence-electron chi connectivity index (χ3n) is 8.93. The van der Waals surface area contributed by atoms with E-state index in [4.69, 9.17) is 0 Å². The summed E-state index contributed by atoms with van der Waals surface area (Å²) in [6, 6.07) is 0. The maximum atomic E-state index is 11.0. The van der Waals surface area contributed by atoms with Crippen LogP contribution in [0.15, 0.2) is 0 Å². The highest BCUT2D eigenvalue weighted by molar-refractivity contribution is 5.12. The van der Waals surface area contributed by atoms with Crippen molar-refractivity contribution < 1.29 is 15.3 Å². The molecule has 3 N–H and O–H groups in total. The highest BCUT2D eigenvalue weighted by Gasteiger charge is 2.63. The van der Waals surface area contributed by atoms with Crippen molar-refractivity contribution in [3.8, 4) is 0 Å². The minimum absolute atomic E-state index is 0.00105. The Bertz CT molecular complexity index is 480. The van der Waals surface area contributed by atoms with Gasteiger partial charge in [0, 0.05) is 0 Å². The van der Waals surface area contributed by atoms with Crippen molar-refractivity contribution in [2.75, 3.05) is 0 Å². The number of hydrogen-bond donors (Lipinski definition) is 3. The fraction of sp³-hybridized carbons (Fsp3) is 1.00. The third-order valence-corrected chi connectivity index (χ3v) is 8.93. The number of rotatable bonds is 0.